The molecular weight excluding hydrogens is 182 g/mol. The lowest BCUT2D eigenvalue weighted by Crippen LogP contribution is -2.59. The summed E-state index contributed by atoms with van der Waals surface area (Å²) in [5.41, 5.74) is 8.57. The molecule has 0 spiro atoms. The maximum absolute atomic E-state index is 7.43. The van der Waals surface area contributed by atoms with E-state index in [0.717, 1.165) is 26.1 Å². The van der Waals surface area contributed by atoms with Crippen LogP contribution in [-0.2, 0) is 4.74 Å². The number of nitrogens with two attached hydrogens (primary N) is 1. The van der Waals surface area contributed by atoms with Gasteiger partial charge in [0.1, 0.15) is 0 Å². The summed E-state index contributed by atoms with van der Waals surface area (Å²) in [4.78, 5) is 0. The summed E-state index contributed by atoms with van der Waals surface area (Å²) in [5.74, 6) is 0.0281. The van der Waals surface area contributed by atoms with Gasteiger partial charge in [-0.1, -0.05) is 6.92 Å². The van der Waals surface area contributed by atoms with Gasteiger partial charge in [-0.3, -0.25) is 5.41 Å². The Morgan fingerprint density at radius 2 is 2.21 bits per heavy atom. The third-order valence-corrected chi connectivity index (χ3v) is 2.01. The molecule has 1 fully saturated rings. The van der Waals surface area contributed by atoms with Crippen LogP contribution in [0.15, 0.2) is 0 Å². The van der Waals surface area contributed by atoms with Crippen molar-refractivity contribution in [3.05, 3.63) is 0 Å². The highest BCUT2D eigenvalue weighted by Crippen LogP contribution is 1.99. The molecule has 1 saturated heterocycles. The molecule has 0 bridgehead atoms. The van der Waals surface area contributed by atoms with E-state index in [1.165, 1.54) is 0 Å². The first-order valence-corrected chi connectivity index (χ1v) is 4.96. The maximum atomic E-state index is 7.43. The van der Waals surface area contributed by atoms with Gasteiger partial charge in [-0.2, -0.15) is 5.01 Å². The Kier molecular flexibility index (Phi) is 4.64. The van der Waals surface area contributed by atoms with E-state index >= 15 is 0 Å². The van der Waals surface area contributed by atoms with E-state index < -0.39 is 0 Å². The maximum Gasteiger partial charge on any atom is 0.218 e. The molecular formula is C8H19N5O. The summed E-state index contributed by atoms with van der Waals surface area (Å²) >= 11 is 0. The van der Waals surface area contributed by atoms with Gasteiger partial charge in [0.2, 0.25) is 5.96 Å². The van der Waals surface area contributed by atoms with E-state index in [1.807, 2.05) is 5.01 Å². The minimum absolute atomic E-state index is 0.0281. The first-order valence-electron chi connectivity index (χ1n) is 4.96. The normalized spacial score (nSPS) is 18.1. The Labute approximate surface area is 84.4 Å². The number of guanidine groups is 1. The number of nitrogens with zero attached hydrogens (tertiary/aromatic N) is 2. The zero-order valence-corrected chi connectivity index (χ0v) is 8.62. The molecule has 0 radical (unpaired) electrons. The van der Waals surface area contributed by atoms with Crippen molar-refractivity contribution in [3.8, 4) is 0 Å². The molecule has 14 heavy (non-hydrogen) atoms. The van der Waals surface area contributed by atoms with Gasteiger partial charge in [-0.05, 0) is 6.42 Å². The first-order chi connectivity index (χ1) is 6.75. The first kappa shape index (κ1) is 11.2. The minimum atomic E-state index is 0.0281. The van der Waals surface area contributed by atoms with Crippen LogP contribution in [0.25, 0.3) is 0 Å². The second-order valence-electron chi connectivity index (χ2n) is 3.17. The fraction of sp³-hybridized carbons (Fsp3) is 0.875. The monoisotopic (exact) mass is 201 g/mol. The highest BCUT2D eigenvalue weighted by atomic mass is 16.5. The summed E-state index contributed by atoms with van der Waals surface area (Å²) in [7, 11) is 0. The van der Waals surface area contributed by atoms with Crippen LogP contribution in [-0.4, -0.2) is 48.9 Å². The van der Waals surface area contributed by atoms with Crippen LogP contribution >= 0.6 is 0 Å². The largest absolute Gasteiger partial charge is 0.379 e. The molecule has 0 saturated carbocycles. The van der Waals surface area contributed by atoms with Crippen LogP contribution in [0.4, 0.5) is 0 Å². The molecule has 4 N–H and O–H groups in total. The summed E-state index contributed by atoms with van der Waals surface area (Å²) in [6, 6.07) is 0. The predicted molar refractivity (Wildman–Crippen MR) is 54.4 cm³/mol. The highest BCUT2D eigenvalue weighted by molar-refractivity contribution is 5.73. The fourth-order valence-corrected chi connectivity index (χ4v) is 1.31. The Bertz CT molecular complexity index is 181. The van der Waals surface area contributed by atoms with Gasteiger partial charge < -0.3 is 10.5 Å². The fourth-order valence-electron chi connectivity index (χ4n) is 1.31. The van der Waals surface area contributed by atoms with E-state index in [1.54, 1.807) is 5.12 Å². The number of hydrogen-bond acceptors (Lipinski definition) is 4. The molecule has 0 aromatic heterocycles. The second-order valence-corrected chi connectivity index (χ2v) is 3.17. The van der Waals surface area contributed by atoms with Gasteiger partial charge >= 0.3 is 0 Å². The third kappa shape index (κ3) is 3.13. The van der Waals surface area contributed by atoms with Crippen LogP contribution in [0.2, 0.25) is 0 Å². The van der Waals surface area contributed by atoms with Gasteiger partial charge in [0.05, 0.1) is 13.2 Å². The minimum Gasteiger partial charge on any atom is -0.379 e. The van der Waals surface area contributed by atoms with Crippen molar-refractivity contribution in [1.82, 2.24) is 15.6 Å². The van der Waals surface area contributed by atoms with Crippen LogP contribution in [0, 0.1) is 5.41 Å². The number of rotatable bonds is 4. The summed E-state index contributed by atoms with van der Waals surface area (Å²) < 4.78 is 5.23. The molecule has 0 aromatic carbocycles. The van der Waals surface area contributed by atoms with Crippen LogP contribution in [0.5, 0.6) is 0 Å². The van der Waals surface area contributed by atoms with Crippen molar-refractivity contribution in [3.63, 3.8) is 0 Å². The van der Waals surface area contributed by atoms with Crippen LogP contribution in [0.1, 0.15) is 13.3 Å². The highest BCUT2D eigenvalue weighted by Gasteiger charge is 2.18. The Morgan fingerprint density at radius 3 is 2.71 bits per heavy atom. The molecule has 6 heteroatoms. The quantitative estimate of drug-likeness (QED) is 0.320. The molecule has 1 aliphatic heterocycles. The SMILES string of the molecule is CCCNN(C(=N)N)N1CCOCC1. The van der Waals surface area contributed by atoms with Crippen LogP contribution < -0.4 is 11.2 Å². The lowest BCUT2D eigenvalue weighted by Gasteiger charge is -2.37. The molecule has 1 rings (SSSR count). The molecule has 82 valence electrons. The number of nitrogens with one attached hydrogen (secondary N) is 2. The average molecular weight is 201 g/mol. The van der Waals surface area contributed by atoms with E-state index in [2.05, 4.69) is 12.3 Å². The second kappa shape index (κ2) is 5.79. The Morgan fingerprint density at radius 1 is 1.57 bits per heavy atom. The van der Waals surface area contributed by atoms with Crippen LogP contribution in [0.3, 0.4) is 0 Å². The standard InChI is InChI=1S/C8H19N5O/c1-2-3-11-13(8(9)10)12-4-6-14-7-5-12/h11H,2-7H2,1H3,(H3,9,10). The van der Waals surface area contributed by atoms with Crippen molar-refractivity contribution in [2.45, 2.75) is 13.3 Å². The zero-order valence-electron chi connectivity index (χ0n) is 8.62. The van der Waals surface area contributed by atoms with Crippen molar-refractivity contribution in [2.24, 2.45) is 5.73 Å². The molecule has 1 aliphatic rings. The van der Waals surface area contributed by atoms with Gasteiger partial charge in [-0.25, -0.2) is 10.5 Å². The predicted octanol–water partition coefficient (Wildman–Crippen LogP) is -0.656. The third-order valence-electron chi connectivity index (χ3n) is 2.01. The smallest absolute Gasteiger partial charge is 0.218 e. The van der Waals surface area contributed by atoms with Gasteiger partial charge in [0.25, 0.3) is 0 Å². The van der Waals surface area contributed by atoms with Crippen molar-refractivity contribution < 1.29 is 4.74 Å². The summed E-state index contributed by atoms with van der Waals surface area (Å²) in [6.07, 6.45) is 1.01. The lowest BCUT2D eigenvalue weighted by molar-refractivity contribution is -0.0752. The van der Waals surface area contributed by atoms with E-state index in [0.29, 0.717) is 13.2 Å². The molecule has 0 amide bonds. The van der Waals surface area contributed by atoms with E-state index in [4.69, 9.17) is 15.9 Å². The Balaban J connectivity index is 2.43. The molecule has 0 aliphatic carbocycles. The van der Waals surface area contributed by atoms with Gasteiger partial charge in [-0.15, -0.1) is 0 Å². The number of hydrazine groups is 2. The Hall–Kier alpha value is -0.850. The lowest BCUT2D eigenvalue weighted by atomic mass is 10.5. The molecule has 0 unspecified atom stereocenters. The van der Waals surface area contributed by atoms with Crippen molar-refractivity contribution in [1.29, 1.82) is 5.41 Å². The topological polar surface area (TPSA) is 77.6 Å². The van der Waals surface area contributed by atoms with Gasteiger partial charge in [0, 0.05) is 19.6 Å². The number of ether oxygens (including phenoxy) is 1. The average Bonchev–Trinajstić information content (AvgIpc) is 2.19. The van der Waals surface area contributed by atoms with Crippen molar-refractivity contribution >= 4 is 5.96 Å². The van der Waals surface area contributed by atoms with Crippen molar-refractivity contribution in [2.75, 3.05) is 32.8 Å². The summed E-state index contributed by atoms with van der Waals surface area (Å²) in [5, 5.41) is 11.0. The number of hydrogen-bond donors (Lipinski definition) is 3. The molecule has 0 atom stereocenters. The zero-order chi connectivity index (χ0) is 10.4. The molecule has 0 aromatic rings. The summed E-state index contributed by atoms with van der Waals surface area (Å²) in [6.45, 7) is 5.82. The molecule has 6 nitrogen and oxygen atoms in total. The molecule has 1 heterocycles. The van der Waals surface area contributed by atoms with E-state index in [9.17, 15) is 0 Å². The van der Waals surface area contributed by atoms with E-state index in [-0.39, 0.29) is 5.96 Å². The number of morpholine rings is 1. The van der Waals surface area contributed by atoms with Gasteiger partial charge in [0.15, 0.2) is 0 Å².